The van der Waals surface area contributed by atoms with Crippen LogP contribution in [0.5, 0.6) is 0 Å². The summed E-state index contributed by atoms with van der Waals surface area (Å²) in [4.78, 5) is 0. The van der Waals surface area contributed by atoms with Crippen LogP contribution in [0.3, 0.4) is 0 Å². The van der Waals surface area contributed by atoms with Gasteiger partial charge in [0.25, 0.3) is 0 Å². The minimum Gasteiger partial charge on any atom is -0.0616 e. The summed E-state index contributed by atoms with van der Waals surface area (Å²) in [5.74, 6) is 0. The lowest BCUT2D eigenvalue weighted by Crippen LogP contribution is -1.94. The molecule has 0 saturated carbocycles. The molecule has 0 atom stereocenters. The molecule has 106 valence electrons. The quantitative estimate of drug-likeness (QED) is 0.578. The fourth-order valence-corrected chi connectivity index (χ4v) is 3.11. The summed E-state index contributed by atoms with van der Waals surface area (Å²) >= 11 is 0. The van der Waals surface area contributed by atoms with Gasteiger partial charge in [0.15, 0.2) is 0 Å². The molecule has 0 aliphatic carbocycles. The van der Waals surface area contributed by atoms with Crippen molar-refractivity contribution in [2.45, 2.75) is 33.1 Å². The molecular weight excluding hydrogens is 252 g/mol. The van der Waals surface area contributed by atoms with E-state index in [0.29, 0.717) is 0 Å². The Balaban J connectivity index is 1.72. The monoisotopic (exact) mass is 274 g/mol. The molecule has 3 aromatic rings. The third-order valence-electron chi connectivity index (χ3n) is 4.27. The van der Waals surface area contributed by atoms with Crippen molar-refractivity contribution in [1.29, 1.82) is 0 Å². The second-order valence-corrected chi connectivity index (χ2v) is 5.92. The van der Waals surface area contributed by atoms with E-state index >= 15 is 0 Å². The first kappa shape index (κ1) is 13.9. The first-order valence-electron chi connectivity index (χ1n) is 7.77. The Labute approximate surface area is 127 Å². The molecule has 0 saturated heterocycles. The van der Waals surface area contributed by atoms with E-state index in [-0.39, 0.29) is 0 Å². The largest absolute Gasteiger partial charge is 0.0616 e. The summed E-state index contributed by atoms with van der Waals surface area (Å²) in [7, 11) is 0. The van der Waals surface area contributed by atoms with Crippen LogP contribution in [0.4, 0.5) is 0 Å². The molecule has 0 heterocycles. The highest BCUT2D eigenvalue weighted by molar-refractivity contribution is 5.85. The average Bonchev–Trinajstić information content (AvgIpc) is 2.50. The average molecular weight is 274 g/mol. The Morgan fingerprint density at radius 3 is 2.33 bits per heavy atom. The molecule has 3 rings (SSSR count). The van der Waals surface area contributed by atoms with Crippen molar-refractivity contribution >= 4 is 10.8 Å². The molecule has 0 fully saturated rings. The summed E-state index contributed by atoms with van der Waals surface area (Å²) in [5, 5.41) is 2.75. The van der Waals surface area contributed by atoms with E-state index in [1.54, 1.807) is 0 Å². The molecule has 3 aromatic carbocycles. The van der Waals surface area contributed by atoms with E-state index in [4.69, 9.17) is 0 Å². The van der Waals surface area contributed by atoms with Crippen molar-refractivity contribution in [2.75, 3.05) is 0 Å². The number of hydrogen-bond donors (Lipinski definition) is 0. The molecule has 0 nitrogen and oxygen atoms in total. The van der Waals surface area contributed by atoms with Gasteiger partial charge in [0.1, 0.15) is 0 Å². The molecule has 0 heteroatoms. The highest BCUT2D eigenvalue weighted by Crippen LogP contribution is 2.21. The van der Waals surface area contributed by atoms with Gasteiger partial charge in [-0.05, 0) is 60.6 Å². The van der Waals surface area contributed by atoms with E-state index in [1.807, 2.05) is 0 Å². The van der Waals surface area contributed by atoms with Crippen LogP contribution in [0.15, 0.2) is 60.7 Å². The van der Waals surface area contributed by atoms with Gasteiger partial charge in [-0.25, -0.2) is 0 Å². The molecule has 0 aliphatic heterocycles. The number of rotatable bonds is 4. The summed E-state index contributed by atoms with van der Waals surface area (Å²) in [6.07, 6.45) is 3.52. The van der Waals surface area contributed by atoms with Gasteiger partial charge in [-0.3, -0.25) is 0 Å². The Kier molecular flexibility index (Phi) is 4.06. The van der Waals surface area contributed by atoms with Crippen molar-refractivity contribution in [2.24, 2.45) is 0 Å². The van der Waals surface area contributed by atoms with E-state index in [0.717, 1.165) is 12.8 Å². The Morgan fingerprint density at radius 1 is 0.714 bits per heavy atom. The second-order valence-electron chi connectivity index (χ2n) is 5.92. The maximum absolute atomic E-state index is 2.29. The lowest BCUT2D eigenvalue weighted by Gasteiger charge is -2.09. The zero-order valence-corrected chi connectivity index (χ0v) is 12.9. The third kappa shape index (κ3) is 3.16. The topological polar surface area (TPSA) is 0 Å². The fourth-order valence-electron chi connectivity index (χ4n) is 3.11. The first-order chi connectivity index (χ1) is 10.2. The van der Waals surface area contributed by atoms with Crippen LogP contribution in [-0.4, -0.2) is 0 Å². The van der Waals surface area contributed by atoms with Crippen LogP contribution >= 0.6 is 0 Å². The van der Waals surface area contributed by atoms with Gasteiger partial charge in [0, 0.05) is 0 Å². The number of aryl methyl sites for hydroxylation is 4. The van der Waals surface area contributed by atoms with E-state index in [2.05, 4.69) is 74.5 Å². The van der Waals surface area contributed by atoms with Crippen LogP contribution in [0.1, 0.15) is 28.7 Å². The highest BCUT2D eigenvalue weighted by atomic mass is 14.1. The summed E-state index contributed by atoms with van der Waals surface area (Å²) < 4.78 is 0. The molecule has 0 amide bonds. The van der Waals surface area contributed by atoms with E-state index < -0.39 is 0 Å². The van der Waals surface area contributed by atoms with Crippen molar-refractivity contribution in [1.82, 2.24) is 0 Å². The third-order valence-corrected chi connectivity index (χ3v) is 4.27. The summed E-state index contributed by atoms with van der Waals surface area (Å²) in [6, 6.07) is 22.1. The van der Waals surface area contributed by atoms with Gasteiger partial charge < -0.3 is 0 Å². The fraction of sp³-hybridized carbons (Fsp3) is 0.238. The molecule has 0 bridgehead atoms. The van der Waals surface area contributed by atoms with Crippen molar-refractivity contribution in [3.8, 4) is 0 Å². The molecule has 0 radical (unpaired) electrons. The van der Waals surface area contributed by atoms with Crippen LogP contribution in [0.25, 0.3) is 10.8 Å². The predicted molar refractivity (Wildman–Crippen MR) is 91.9 cm³/mol. The van der Waals surface area contributed by atoms with Crippen molar-refractivity contribution in [3.63, 3.8) is 0 Å². The zero-order chi connectivity index (χ0) is 14.7. The molecule has 0 aliphatic rings. The van der Waals surface area contributed by atoms with E-state index in [1.165, 1.54) is 39.4 Å². The summed E-state index contributed by atoms with van der Waals surface area (Å²) in [6.45, 7) is 4.38. The smallest absolute Gasteiger partial charge is 0.0152 e. The minimum absolute atomic E-state index is 1.15. The lowest BCUT2D eigenvalue weighted by atomic mass is 9.96. The normalized spacial score (nSPS) is 11.0. The minimum atomic E-state index is 1.15. The highest BCUT2D eigenvalue weighted by Gasteiger charge is 2.02. The Morgan fingerprint density at radius 2 is 1.48 bits per heavy atom. The lowest BCUT2D eigenvalue weighted by molar-refractivity contribution is 0.820. The van der Waals surface area contributed by atoms with Crippen molar-refractivity contribution < 1.29 is 0 Å². The Bertz CT molecular complexity index is 748. The van der Waals surface area contributed by atoms with Crippen LogP contribution < -0.4 is 0 Å². The van der Waals surface area contributed by atoms with Crippen LogP contribution in [0, 0.1) is 13.8 Å². The molecule has 21 heavy (non-hydrogen) atoms. The second kappa shape index (κ2) is 6.13. The maximum Gasteiger partial charge on any atom is -0.0152 e. The first-order valence-corrected chi connectivity index (χ1v) is 7.77. The van der Waals surface area contributed by atoms with Gasteiger partial charge in [0.05, 0.1) is 0 Å². The van der Waals surface area contributed by atoms with Crippen molar-refractivity contribution in [3.05, 3.63) is 82.9 Å². The van der Waals surface area contributed by atoms with Gasteiger partial charge >= 0.3 is 0 Å². The summed E-state index contributed by atoms with van der Waals surface area (Å²) in [5.41, 5.74) is 5.73. The standard InChI is InChI=1S/C21H22/c1-16-13-14-18(17(2)15-16)8-5-9-20-11-6-10-19-7-3-4-12-21(19)20/h3-4,6-7,10-15H,5,8-9H2,1-2H3. The molecular formula is C21H22. The SMILES string of the molecule is Cc1ccc(CCCc2cccc3ccccc23)c(C)c1. The predicted octanol–water partition coefficient (Wildman–Crippen LogP) is 5.63. The number of benzene rings is 3. The van der Waals surface area contributed by atoms with Crippen LogP contribution in [0.2, 0.25) is 0 Å². The van der Waals surface area contributed by atoms with Crippen LogP contribution in [-0.2, 0) is 12.8 Å². The Hall–Kier alpha value is -2.08. The molecule has 0 spiro atoms. The molecule has 0 N–H and O–H groups in total. The van der Waals surface area contributed by atoms with Gasteiger partial charge in [-0.1, -0.05) is 66.2 Å². The van der Waals surface area contributed by atoms with Gasteiger partial charge in [-0.15, -0.1) is 0 Å². The number of fused-ring (bicyclic) bond motifs is 1. The van der Waals surface area contributed by atoms with Gasteiger partial charge in [-0.2, -0.15) is 0 Å². The van der Waals surface area contributed by atoms with E-state index in [9.17, 15) is 0 Å². The number of hydrogen-bond acceptors (Lipinski definition) is 0. The maximum atomic E-state index is 2.29. The zero-order valence-electron chi connectivity index (χ0n) is 12.9. The molecule has 0 aromatic heterocycles. The van der Waals surface area contributed by atoms with Gasteiger partial charge in [0.2, 0.25) is 0 Å². The molecule has 0 unspecified atom stereocenters.